The minimum absolute atomic E-state index is 0.0124. The Bertz CT molecular complexity index is 716. The molecule has 0 spiro atoms. The Morgan fingerprint density at radius 2 is 2.04 bits per heavy atom. The molecule has 0 bridgehead atoms. The molecule has 0 radical (unpaired) electrons. The maximum Gasteiger partial charge on any atom is 0.324 e. The first-order valence-corrected chi connectivity index (χ1v) is 10.4. The minimum Gasteiger partial charge on any atom is -0.480 e. The van der Waals surface area contributed by atoms with Gasteiger partial charge in [-0.1, -0.05) is 37.3 Å². The summed E-state index contributed by atoms with van der Waals surface area (Å²) in [7, 11) is -4.20. The average Bonchev–Trinajstić information content (AvgIpc) is 3.08. The largest absolute Gasteiger partial charge is 0.480 e. The lowest BCUT2D eigenvalue weighted by Crippen LogP contribution is -2.51. The number of rotatable bonds is 10. The van der Waals surface area contributed by atoms with Crippen LogP contribution in [-0.2, 0) is 21.5 Å². The van der Waals surface area contributed by atoms with Crippen molar-refractivity contribution in [3.8, 4) is 0 Å². The van der Waals surface area contributed by atoms with E-state index in [1.165, 1.54) is 26.2 Å². The van der Waals surface area contributed by atoms with Crippen LogP contribution in [0.15, 0.2) is 4.52 Å². The smallest absolute Gasteiger partial charge is 0.324 e. The van der Waals surface area contributed by atoms with Crippen molar-refractivity contribution in [2.45, 2.75) is 70.2 Å². The quantitative estimate of drug-likeness (QED) is 0.352. The molecule has 12 heteroatoms. The van der Waals surface area contributed by atoms with Crippen LogP contribution in [0.1, 0.15) is 63.2 Å². The van der Waals surface area contributed by atoms with Gasteiger partial charge >= 0.3 is 5.97 Å². The molecule has 27 heavy (non-hydrogen) atoms. The van der Waals surface area contributed by atoms with Crippen LogP contribution in [0.25, 0.3) is 0 Å². The molecule has 11 nitrogen and oxygen atoms in total. The molecule has 1 fully saturated rings. The summed E-state index contributed by atoms with van der Waals surface area (Å²) in [4.78, 5) is 15.1. The monoisotopic (exact) mass is 405 g/mol. The van der Waals surface area contributed by atoms with Gasteiger partial charge in [-0.25, -0.2) is 0 Å². The van der Waals surface area contributed by atoms with Gasteiger partial charge in [0.1, 0.15) is 6.04 Å². The summed E-state index contributed by atoms with van der Waals surface area (Å²) in [5.41, 5.74) is 6.12. The van der Waals surface area contributed by atoms with E-state index in [0.717, 1.165) is 19.3 Å². The van der Waals surface area contributed by atoms with Gasteiger partial charge in [0.2, 0.25) is 5.89 Å². The Kier molecular flexibility index (Phi) is 7.68. The van der Waals surface area contributed by atoms with Crippen molar-refractivity contribution in [2.24, 2.45) is 11.7 Å². The van der Waals surface area contributed by atoms with Gasteiger partial charge in [-0.2, -0.15) is 22.8 Å². The predicted octanol–water partition coefficient (Wildman–Crippen LogP) is -0.202. The van der Waals surface area contributed by atoms with Crippen LogP contribution >= 0.6 is 0 Å². The standard InChI is InChI=1S/C15H27N5O6S/c1-9(21)13(15(22)23)20-27(24,25)17-8-12-18-14(19-26-12)11(16)7-10-5-3-2-4-6-10/h9-11,13,17,20-21H,2-8,16H2,1H3,(H,22,23)/t9?,11-,13?/m0/s1. The highest BCUT2D eigenvalue weighted by Gasteiger charge is 2.28. The lowest BCUT2D eigenvalue weighted by atomic mass is 9.85. The maximum absolute atomic E-state index is 11.9. The Hall–Kier alpha value is -1.60. The first kappa shape index (κ1) is 21.7. The molecule has 1 aliphatic carbocycles. The third kappa shape index (κ3) is 6.81. The second kappa shape index (κ2) is 9.55. The van der Waals surface area contributed by atoms with Gasteiger partial charge in [0.25, 0.3) is 10.2 Å². The number of nitrogens with two attached hydrogens (primary N) is 1. The fraction of sp³-hybridized carbons (Fsp3) is 0.800. The number of aromatic nitrogens is 2. The molecule has 0 saturated heterocycles. The number of aliphatic hydroxyl groups excluding tert-OH is 1. The van der Waals surface area contributed by atoms with Crippen molar-refractivity contribution in [2.75, 3.05) is 0 Å². The normalized spacial score (nSPS) is 19.5. The van der Waals surface area contributed by atoms with Crippen molar-refractivity contribution in [3.05, 3.63) is 11.7 Å². The van der Waals surface area contributed by atoms with Gasteiger partial charge in [-0.3, -0.25) is 4.79 Å². The van der Waals surface area contributed by atoms with Crippen molar-refractivity contribution in [1.82, 2.24) is 19.6 Å². The minimum atomic E-state index is -4.20. The van der Waals surface area contributed by atoms with Crippen LogP contribution in [0.2, 0.25) is 0 Å². The van der Waals surface area contributed by atoms with Gasteiger partial charge in [0.05, 0.1) is 18.7 Å². The van der Waals surface area contributed by atoms with E-state index < -0.39 is 28.3 Å². The fourth-order valence-corrected chi connectivity index (χ4v) is 4.13. The molecule has 2 unspecified atom stereocenters. The molecule has 154 valence electrons. The van der Waals surface area contributed by atoms with Gasteiger partial charge in [0.15, 0.2) is 5.82 Å². The average molecular weight is 405 g/mol. The van der Waals surface area contributed by atoms with Gasteiger partial charge in [-0.15, -0.1) is 0 Å². The van der Waals surface area contributed by atoms with E-state index in [0.29, 0.717) is 11.7 Å². The van der Waals surface area contributed by atoms with Gasteiger partial charge < -0.3 is 20.5 Å². The van der Waals surface area contributed by atoms with E-state index in [2.05, 4.69) is 14.9 Å². The van der Waals surface area contributed by atoms with E-state index in [1.807, 2.05) is 4.72 Å². The molecule has 0 aromatic carbocycles. The van der Waals surface area contributed by atoms with Crippen LogP contribution in [-0.4, -0.2) is 46.9 Å². The summed E-state index contributed by atoms with van der Waals surface area (Å²) >= 11 is 0. The Labute approximate surface area is 157 Å². The van der Waals surface area contributed by atoms with Crippen molar-refractivity contribution < 1.29 is 27.9 Å². The first-order valence-electron chi connectivity index (χ1n) is 8.94. The van der Waals surface area contributed by atoms with E-state index >= 15 is 0 Å². The van der Waals surface area contributed by atoms with Crippen molar-refractivity contribution in [3.63, 3.8) is 0 Å². The number of hydrogen-bond donors (Lipinski definition) is 5. The molecule has 1 aliphatic rings. The summed E-state index contributed by atoms with van der Waals surface area (Å²) in [5.74, 6) is -0.635. The van der Waals surface area contributed by atoms with E-state index in [9.17, 15) is 18.3 Å². The zero-order chi connectivity index (χ0) is 20.0. The molecule has 1 aromatic rings. The van der Waals surface area contributed by atoms with E-state index in [-0.39, 0.29) is 18.5 Å². The topological polar surface area (TPSA) is 181 Å². The van der Waals surface area contributed by atoms with Crippen LogP contribution < -0.4 is 15.2 Å². The fourth-order valence-electron chi connectivity index (χ4n) is 3.10. The highest BCUT2D eigenvalue weighted by atomic mass is 32.2. The number of aliphatic hydroxyl groups is 1. The molecular weight excluding hydrogens is 378 g/mol. The third-order valence-electron chi connectivity index (χ3n) is 4.57. The van der Waals surface area contributed by atoms with Crippen LogP contribution in [0, 0.1) is 5.92 Å². The van der Waals surface area contributed by atoms with Crippen molar-refractivity contribution in [1.29, 1.82) is 0 Å². The molecule has 2 rings (SSSR count). The highest BCUT2D eigenvalue weighted by molar-refractivity contribution is 7.87. The lowest BCUT2D eigenvalue weighted by Gasteiger charge is -2.23. The Morgan fingerprint density at radius 3 is 2.63 bits per heavy atom. The number of carboxylic acids is 1. The molecule has 1 aromatic heterocycles. The molecule has 1 saturated carbocycles. The molecular formula is C15H27N5O6S. The Morgan fingerprint density at radius 1 is 1.37 bits per heavy atom. The van der Waals surface area contributed by atoms with E-state index in [4.69, 9.17) is 15.4 Å². The van der Waals surface area contributed by atoms with Crippen LogP contribution in [0.4, 0.5) is 0 Å². The molecule has 1 heterocycles. The highest BCUT2D eigenvalue weighted by Crippen LogP contribution is 2.30. The summed E-state index contributed by atoms with van der Waals surface area (Å²) in [6.45, 7) is 0.837. The second-order valence-corrected chi connectivity index (χ2v) is 8.42. The number of aliphatic carboxylic acids is 1. The zero-order valence-corrected chi connectivity index (χ0v) is 16.0. The summed E-state index contributed by atoms with van der Waals surface area (Å²) in [6, 6.07) is -2.06. The first-order chi connectivity index (χ1) is 12.7. The van der Waals surface area contributed by atoms with Gasteiger partial charge in [-0.05, 0) is 19.3 Å². The number of carboxylic acid groups (broad SMARTS) is 1. The molecule has 0 aliphatic heterocycles. The number of nitrogens with one attached hydrogen (secondary N) is 2. The summed E-state index contributed by atoms with van der Waals surface area (Å²) < 4.78 is 32.8. The third-order valence-corrected chi connectivity index (χ3v) is 5.66. The van der Waals surface area contributed by atoms with Gasteiger partial charge in [0, 0.05) is 0 Å². The van der Waals surface area contributed by atoms with Crippen LogP contribution in [0.5, 0.6) is 0 Å². The number of nitrogens with zero attached hydrogens (tertiary/aromatic N) is 2. The second-order valence-electron chi connectivity index (χ2n) is 6.89. The lowest BCUT2D eigenvalue weighted by molar-refractivity contribution is -0.141. The number of hydrogen-bond acceptors (Lipinski definition) is 8. The maximum atomic E-state index is 11.9. The molecule has 3 atom stereocenters. The molecule has 0 amide bonds. The van der Waals surface area contributed by atoms with Crippen LogP contribution in [0.3, 0.4) is 0 Å². The molecule has 6 N–H and O–H groups in total. The SMILES string of the molecule is CC(O)C(NS(=O)(=O)NCc1nc([C@@H](N)CC2CCCCC2)no1)C(=O)O. The summed E-state index contributed by atoms with van der Waals surface area (Å²) in [5, 5.41) is 22.1. The van der Waals surface area contributed by atoms with E-state index in [1.54, 1.807) is 0 Å². The number of carbonyl (C=O) groups is 1. The Balaban J connectivity index is 1.88. The predicted molar refractivity (Wildman–Crippen MR) is 94.4 cm³/mol. The zero-order valence-electron chi connectivity index (χ0n) is 15.2. The van der Waals surface area contributed by atoms with Crippen molar-refractivity contribution >= 4 is 16.2 Å². The summed E-state index contributed by atoms with van der Waals surface area (Å²) in [6.07, 6.45) is 5.27.